The Bertz CT molecular complexity index is 621. The average molecular weight is 324 g/mol. The molecule has 1 unspecified atom stereocenters. The summed E-state index contributed by atoms with van der Waals surface area (Å²) in [6.45, 7) is 8.22. The van der Waals surface area contributed by atoms with Crippen molar-refractivity contribution in [2.45, 2.75) is 26.0 Å². The second-order valence-corrected chi connectivity index (χ2v) is 6.85. The first kappa shape index (κ1) is 17.2. The highest BCUT2D eigenvalue weighted by atomic mass is 16.3. The molecule has 1 aliphatic heterocycles. The summed E-state index contributed by atoms with van der Waals surface area (Å²) in [4.78, 5) is 4.91. The van der Waals surface area contributed by atoms with Crippen LogP contribution >= 0.6 is 0 Å². The van der Waals surface area contributed by atoms with Crippen LogP contribution in [0.1, 0.15) is 16.7 Å². The Labute approximate surface area is 145 Å². The summed E-state index contributed by atoms with van der Waals surface area (Å²) < 4.78 is 0. The van der Waals surface area contributed by atoms with Crippen LogP contribution < -0.4 is 0 Å². The van der Waals surface area contributed by atoms with Crippen molar-refractivity contribution in [2.24, 2.45) is 0 Å². The molecular formula is C21H28N2O. The molecule has 0 aliphatic carbocycles. The van der Waals surface area contributed by atoms with Crippen LogP contribution in [0.3, 0.4) is 0 Å². The first-order chi connectivity index (χ1) is 11.7. The Kier molecular flexibility index (Phi) is 6.02. The number of benzene rings is 2. The average Bonchev–Trinajstić information content (AvgIpc) is 2.59. The van der Waals surface area contributed by atoms with Gasteiger partial charge in [0, 0.05) is 39.3 Å². The topological polar surface area (TPSA) is 26.7 Å². The normalized spacial score (nSPS) is 17.8. The maximum Gasteiger partial charge on any atom is 0.0707 e. The molecule has 2 aromatic rings. The first-order valence-electron chi connectivity index (χ1n) is 8.92. The van der Waals surface area contributed by atoms with E-state index >= 15 is 0 Å². The van der Waals surface area contributed by atoms with Gasteiger partial charge < -0.3 is 5.11 Å². The standard InChI is InChI=1S/C21H28N2O/c1-18-7-5-6-10-20(18)16-22-11-13-23(14-12-22)17-21(24)15-19-8-3-2-4-9-19/h2-10,21,24H,11-17H2,1H3. The van der Waals surface area contributed by atoms with Crippen molar-refractivity contribution in [3.8, 4) is 0 Å². The zero-order chi connectivity index (χ0) is 16.8. The van der Waals surface area contributed by atoms with Gasteiger partial charge in [0.2, 0.25) is 0 Å². The number of aliphatic hydroxyl groups is 1. The predicted molar refractivity (Wildman–Crippen MR) is 99.0 cm³/mol. The van der Waals surface area contributed by atoms with Crippen molar-refractivity contribution in [1.29, 1.82) is 0 Å². The van der Waals surface area contributed by atoms with Crippen LogP contribution in [-0.4, -0.2) is 53.7 Å². The van der Waals surface area contributed by atoms with E-state index in [0.717, 1.165) is 45.7 Å². The molecule has 1 fully saturated rings. The molecule has 3 heteroatoms. The number of aryl methyl sites for hydroxylation is 1. The molecule has 1 N–H and O–H groups in total. The van der Waals surface area contributed by atoms with Gasteiger partial charge in [0.25, 0.3) is 0 Å². The third-order valence-electron chi connectivity index (χ3n) is 4.90. The maximum atomic E-state index is 10.3. The lowest BCUT2D eigenvalue weighted by Gasteiger charge is -2.35. The summed E-state index contributed by atoms with van der Waals surface area (Å²) in [6.07, 6.45) is 0.458. The van der Waals surface area contributed by atoms with Gasteiger partial charge >= 0.3 is 0 Å². The van der Waals surface area contributed by atoms with Gasteiger partial charge in [0.1, 0.15) is 0 Å². The monoisotopic (exact) mass is 324 g/mol. The Balaban J connectivity index is 1.43. The molecule has 3 rings (SSSR count). The fraction of sp³-hybridized carbons (Fsp3) is 0.429. The van der Waals surface area contributed by atoms with Crippen LogP contribution in [0.5, 0.6) is 0 Å². The van der Waals surface area contributed by atoms with Gasteiger partial charge in [-0.15, -0.1) is 0 Å². The quantitative estimate of drug-likeness (QED) is 0.885. The number of hydrogen-bond acceptors (Lipinski definition) is 3. The summed E-state index contributed by atoms with van der Waals surface area (Å²) in [6, 6.07) is 18.9. The molecule has 1 saturated heterocycles. The summed E-state index contributed by atoms with van der Waals surface area (Å²) in [5, 5.41) is 10.3. The third kappa shape index (κ3) is 4.91. The third-order valence-corrected chi connectivity index (χ3v) is 4.90. The molecule has 0 amide bonds. The van der Waals surface area contributed by atoms with E-state index in [1.54, 1.807) is 0 Å². The van der Waals surface area contributed by atoms with Gasteiger partial charge in [-0.25, -0.2) is 0 Å². The predicted octanol–water partition coefficient (Wildman–Crippen LogP) is 2.72. The molecule has 1 aliphatic rings. The number of β-amino-alcohol motifs (C(OH)–C–C–N with tert-alkyl or cyclic N) is 1. The highest BCUT2D eigenvalue weighted by Crippen LogP contribution is 2.13. The molecule has 24 heavy (non-hydrogen) atoms. The smallest absolute Gasteiger partial charge is 0.0707 e. The van der Waals surface area contributed by atoms with Crippen LogP contribution in [0.25, 0.3) is 0 Å². The molecule has 0 saturated carbocycles. The van der Waals surface area contributed by atoms with E-state index in [2.05, 4.69) is 53.1 Å². The van der Waals surface area contributed by atoms with E-state index < -0.39 is 0 Å². The minimum atomic E-state index is -0.282. The molecule has 128 valence electrons. The van der Waals surface area contributed by atoms with Crippen LogP contribution in [-0.2, 0) is 13.0 Å². The van der Waals surface area contributed by atoms with Gasteiger partial charge in [0.05, 0.1) is 6.10 Å². The summed E-state index contributed by atoms with van der Waals surface area (Å²) >= 11 is 0. The van der Waals surface area contributed by atoms with Crippen LogP contribution in [0.2, 0.25) is 0 Å². The number of piperazine rings is 1. The number of aliphatic hydroxyl groups excluding tert-OH is 1. The van der Waals surface area contributed by atoms with Gasteiger partial charge in [-0.2, -0.15) is 0 Å². The van der Waals surface area contributed by atoms with Gasteiger partial charge in [-0.3, -0.25) is 9.80 Å². The lowest BCUT2D eigenvalue weighted by Crippen LogP contribution is -2.48. The van der Waals surface area contributed by atoms with Gasteiger partial charge in [-0.1, -0.05) is 54.6 Å². The van der Waals surface area contributed by atoms with Crippen molar-refractivity contribution >= 4 is 0 Å². The van der Waals surface area contributed by atoms with E-state index in [0.29, 0.717) is 0 Å². The SMILES string of the molecule is Cc1ccccc1CN1CCN(CC(O)Cc2ccccc2)CC1. The molecule has 0 aromatic heterocycles. The van der Waals surface area contributed by atoms with Crippen molar-refractivity contribution < 1.29 is 5.11 Å². The number of nitrogens with zero attached hydrogens (tertiary/aromatic N) is 2. The molecule has 0 bridgehead atoms. The molecule has 3 nitrogen and oxygen atoms in total. The van der Waals surface area contributed by atoms with Crippen LogP contribution in [0.15, 0.2) is 54.6 Å². The van der Waals surface area contributed by atoms with E-state index in [1.807, 2.05) is 18.2 Å². The van der Waals surface area contributed by atoms with Crippen molar-refractivity contribution in [3.05, 3.63) is 71.3 Å². The molecule has 2 aromatic carbocycles. The fourth-order valence-electron chi connectivity index (χ4n) is 3.41. The van der Waals surface area contributed by atoms with Crippen molar-refractivity contribution in [3.63, 3.8) is 0 Å². The van der Waals surface area contributed by atoms with Crippen molar-refractivity contribution in [2.75, 3.05) is 32.7 Å². The minimum Gasteiger partial charge on any atom is -0.391 e. The van der Waals surface area contributed by atoms with Crippen LogP contribution in [0, 0.1) is 6.92 Å². The molecule has 0 spiro atoms. The van der Waals surface area contributed by atoms with Gasteiger partial charge in [-0.05, 0) is 30.0 Å². The molecule has 1 heterocycles. The van der Waals surface area contributed by atoms with Crippen LogP contribution in [0.4, 0.5) is 0 Å². The lowest BCUT2D eigenvalue weighted by atomic mass is 10.1. The minimum absolute atomic E-state index is 0.282. The molecule has 1 atom stereocenters. The largest absolute Gasteiger partial charge is 0.391 e. The first-order valence-corrected chi connectivity index (χ1v) is 8.92. The molecule has 0 radical (unpaired) electrons. The Morgan fingerprint density at radius 1 is 0.875 bits per heavy atom. The van der Waals surface area contributed by atoms with Crippen molar-refractivity contribution in [1.82, 2.24) is 9.80 Å². The Morgan fingerprint density at radius 3 is 2.21 bits per heavy atom. The summed E-state index contributed by atoms with van der Waals surface area (Å²) in [5.41, 5.74) is 4.01. The fourth-order valence-corrected chi connectivity index (χ4v) is 3.41. The highest BCUT2D eigenvalue weighted by molar-refractivity contribution is 5.25. The lowest BCUT2D eigenvalue weighted by molar-refractivity contribution is 0.0704. The Hall–Kier alpha value is -1.68. The van der Waals surface area contributed by atoms with E-state index in [4.69, 9.17) is 0 Å². The van der Waals surface area contributed by atoms with E-state index in [-0.39, 0.29) is 6.10 Å². The maximum absolute atomic E-state index is 10.3. The number of rotatable bonds is 6. The zero-order valence-electron chi connectivity index (χ0n) is 14.6. The summed E-state index contributed by atoms with van der Waals surface area (Å²) in [7, 11) is 0. The van der Waals surface area contributed by atoms with Gasteiger partial charge in [0.15, 0.2) is 0 Å². The van der Waals surface area contributed by atoms with E-state index in [1.165, 1.54) is 16.7 Å². The second kappa shape index (κ2) is 8.43. The second-order valence-electron chi connectivity index (χ2n) is 6.85. The zero-order valence-corrected chi connectivity index (χ0v) is 14.6. The van der Waals surface area contributed by atoms with E-state index in [9.17, 15) is 5.11 Å². The molecular weight excluding hydrogens is 296 g/mol. The highest BCUT2D eigenvalue weighted by Gasteiger charge is 2.19. The summed E-state index contributed by atoms with van der Waals surface area (Å²) in [5.74, 6) is 0. The Morgan fingerprint density at radius 2 is 1.50 bits per heavy atom. The number of hydrogen-bond donors (Lipinski definition) is 1.